The summed E-state index contributed by atoms with van der Waals surface area (Å²) in [5.74, 6) is 0.0226. The van der Waals surface area contributed by atoms with Gasteiger partial charge in [0.25, 0.3) is 0 Å². The van der Waals surface area contributed by atoms with Crippen LogP contribution in [0.15, 0.2) is 42.6 Å². The van der Waals surface area contributed by atoms with Gasteiger partial charge in [0.15, 0.2) is 5.82 Å². The van der Waals surface area contributed by atoms with E-state index >= 15 is 4.39 Å². The molecule has 0 saturated carbocycles. The summed E-state index contributed by atoms with van der Waals surface area (Å²) in [4.78, 5) is 18.5. The summed E-state index contributed by atoms with van der Waals surface area (Å²) in [7, 11) is 1.74. The van der Waals surface area contributed by atoms with E-state index in [9.17, 15) is 4.39 Å². The molecule has 1 N–H and O–H groups in total. The second-order valence-corrected chi connectivity index (χ2v) is 12.8. The Morgan fingerprint density at radius 3 is 2.86 bits per heavy atom. The summed E-state index contributed by atoms with van der Waals surface area (Å²) in [5, 5.41) is 6.29. The van der Waals surface area contributed by atoms with Gasteiger partial charge in [0.05, 0.1) is 23.1 Å². The number of nitrogens with one attached hydrogen (secondary N) is 1. The molecule has 0 amide bonds. The molecular formula is C32H33ClF2N6O2. The van der Waals surface area contributed by atoms with Gasteiger partial charge in [0.1, 0.15) is 29.8 Å². The Balaban J connectivity index is 1.24. The van der Waals surface area contributed by atoms with Gasteiger partial charge in [-0.25, -0.2) is 8.78 Å². The fourth-order valence-corrected chi connectivity index (χ4v) is 8.17. The first-order valence-corrected chi connectivity index (χ1v) is 15.4. The molecule has 6 heterocycles. The van der Waals surface area contributed by atoms with Crippen molar-refractivity contribution in [2.75, 3.05) is 44.8 Å². The van der Waals surface area contributed by atoms with E-state index in [1.807, 2.05) is 30.3 Å². The molecule has 0 unspecified atom stereocenters. The number of halogens is 3. The van der Waals surface area contributed by atoms with Gasteiger partial charge < -0.3 is 19.7 Å². The fraction of sp³-hybridized carbons (Fsp3) is 0.469. The minimum Gasteiger partial charge on any atom is -0.461 e. The molecule has 0 aliphatic carbocycles. The number of rotatable bonds is 6. The molecule has 4 aromatic rings. The lowest BCUT2D eigenvalue weighted by molar-refractivity contribution is 0.0947. The number of fused-ring (bicyclic) bond motifs is 5. The smallest absolute Gasteiger partial charge is 0.319 e. The van der Waals surface area contributed by atoms with Crippen molar-refractivity contribution in [2.24, 2.45) is 0 Å². The molecule has 8 rings (SSSR count). The Bertz CT molecular complexity index is 1720. The number of benzene rings is 2. The van der Waals surface area contributed by atoms with Crippen LogP contribution in [0.1, 0.15) is 25.7 Å². The van der Waals surface area contributed by atoms with Gasteiger partial charge in [-0.05, 0) is 37.3 Å². The van der Waals surface area contributed by atoms with Crippen molar-refractivity contribution in [3.05, 3.63) is 53.4 Å². The van der Waals surface area contributed by atoms with Crippen LogP contribution in [0.4, 0.5) is 14.6 Å². The summed E-state index contributed by atoms with van der Waals surface area (Å²) in [6.07, 6.45) is 4.06. The maximum absolute atomic E-state index is 16.7. The van der Waals surface area contributed by atoms with Crippen molar-refractivity contribution in [1.82, 2.24) is 25.2 Å². The molecular weight excluding hydrogens is 574 g/mol. The Morgan fingerprint density at radius 1 is 1.14 bits per heavy atom. The fourth-order valence-electron chi connectivity index (χ4n) is 7.89. The number of alkyl halides is 1. The van der Waals surface area contributed by atoms with Crippen molar-refractivity contribution in [3.8, 4) is 17.3 Å². The molecule has 2 bridgehead atoms. The molecule has 4 aliphatic heterocycles. The van der Waals surface area contributed by atoms with Crippen molar-refractivity contribution >= 4 is 39.1 Å². The van der Waals surface area contributed by atoms with Crippen LogP contribution in [0.3, 0.4) is 0 Å². The van der Waals surface area contributed by atoms with Crippen molar-refractivity contribution in [2.45, 2.75) is 55.6 Å². The number of methoxy groups -OCH3 is 1. The molecule has 2 aromatic heterocycles. The maximum atomic E-state index is 16.7. The first-order chi connectivity index (χ1) is 20.9. The van der Waals surface area contributed by atoms with Crippen LogP contribution >= 0.6 is 11.6 Å². The number of nitrogens with zero attached hydrogens (tertiary/aromatic N) is 5. The lowest BCUT2D eigenvalue weighted by atomic mass is 9.95. The third-order valence-electron chi connectivity index (χ3n) is 9.86. The van der Waals surface area contributed by atoms with Crippen LogP contribution in [-0.2, 0) is 4.74 Å². The Labute approximate surface area is 253 Å². The van der Waals surface area contributed by atoms with Crippen molar-refractivity contribution < 1.29 is 18.3 Å². The van der Waals surface area contributed by atoms with Crippen molar-refractivity contribution in [1.29, 1.82) is 0 Å². The standard InChI is InChI=1S/C32H33ClF2N6O2/c1-42-25-11-20-15-40(16-24(25)37-20)30-22-13-36-28(21-7-2-5-18-6-3-8-23(33)26(18)21)27(35)29(22)38-31(39-30)43-17-32-9-4-10-41(32)14-19(34)12-32/h2-3,5-8,13,19-20,24-25,37H,4,9-12,14-17H2,1H3/t19-,20-,24-,25-,32+/m1/s1. The van der Waals surface area contributed by atoms with E-state index in [4.69, 9.17) is 26.1 Å². The Hall–Kier alpha value is -3.18. The van der Waals surface area contributed by atoms with Crippen LogP contribution < -0.4 is 15.0 Å². The van der Waals surface area contributed by atoms with Crippen molar-refractivity contribution in [3.63, 3.8) is 0 Å². The molecule has 4 aliphatic rings. The minimum absolute atomic E-state index is 0.0900. The number of piperazine rings is 1. The zero-order valence-electron chi connectivity index (χ0n) is 23.9. The average molecular weight is 607 g/mol. The molecule has 8 nitrogen and oxygen atoms in total. The van der Waals surface area contributed by atoms with E-state index in [-0.39, 0.29) is 47.6 Å². The highest BCUT2D eigenvalue weighted by Crippen LogP contribution is 2.41. The van der Waals surface area contributed by atoms with Crippen LogP contribution in [0.5, 0.6) is 6.01 Å². The first-order valence-electron chi connectivity index (χ1n) is 15.0. The number of anilines is 1. The van der Waals surface area contributed by atoms with E-state index in [0.717, 1.165) is 36.6 Å². The number of aromatic nitrogens is 3. The van der Waals surface area contributed by atoms with Gasteiger partial charge >= 0.3 is 6.01 Å². The molecule has 4 saturated heterocycles. The Morgan fingerprint density at radius 2 is 2.00 bits per heavy atom. The molecule has 2 aromatic carbocycles. The monoisotopic (exact) mass is 606 g/mol. The highest BCUT2D eigenvalue weighted by molar-refractivity contribution is 6.36. The predicted octanol–water partition coefficient (Wildman–Crippen LogP) is 5.16. The van der Waals surface area contributed by atoms with E-state index in [1.54, 1.807) is 19.4 Å². The second-order valence-electron chi connectivity index (χ2n) is 12.4. The summed E-state index contributed by atoms with van der Waals surface area (Å²) < 4.78 is 43.1. The molecule has 224 valence electrons. The number of hydrogen-bond donors (Lipinski definition) is 1. The van der Waals surface area contributed by atoms with Crippen LogP contribution in [0.2, 0.25) is 5.02 Å². The van der Waals surface area contributed by atoms with Gasteiger partial charge in [0.2, 0.25) is 0 Å². The zero-order valence-corrected chi connectivity index (χ0v) is 24.7. The van der Waals surface area contributed by atoms with Gasteiger partial charge in [-0.2, -0.15) is 9.97 Å². The number of hydrogen-bond acceptors (Lipinski definition) is 8. The minimum atomic E-state index is -0.874. The normalized spacial score (nSPS) is 28.7. The Kier molecular flexibility index (Phi) is 6.67. The highest BCUT2D eigenvalue weighted by atomic mass is 35.5. The van der Waals surface area contributed by atoms with E-state index in [2.05, 4.69) is 25.1 Å². The molecule has 0 spiro atoms. The summed E-state index contributed by atoms with van der Waals surface area (Å²) in [5.41, 5.74) is 0.519. The number of pyridine rings is 1. The lowest BCUT2D eigenvalue weighted by Gasteiger charge is -2.35. The summed E-state index contributed by atoms with van der Waals surface area (Å²) >= 11 is 6.60. The maximum Gasteiger partial charge on any atom is 0.319 e. The van der Waals surface area contributed by atoms with E-state index in [1.165, 1.54) is 0 Å². The lowest BCUT2D eigenvalue weighted by Crippen LogP contribution is -2.53. The average Bonchev–Trinajstić information content (AvgIpc) is 3.64. The zero-order chi connectivity index (χ0) is 29.3. The van der Waals surface area contributed by atoms with Gasteiger partial charge in [0, 0.05) is 61.4 Å². The van der Waals surface area contributed by atoms with Gasteiger partial charge in [-0.3, -0.25) is 9.88 Å². The van der Waals surface area contributed by atoms with E-state index < -0.39 is 12.0 Å². The third-order valence-corrected chi connectivity index (χ3v) is 10.2. The molecule has 0 radical (unpaired) electrons. The summed E-state index contributed by atoms with van der Waals surface area (Å²) in [6.45, 7) is 2.87. The van der Waals surface area contributed by atoms with Crippen LogP contribution in [-0.4, -0.2) is 89.6 Å². The van der Waals surface area contributed by atoms with E-state index in [0.29, 0.717) is 47.8 Å². The predicted molar refractivity (Wildman–Crippen MR) is 162 cm³/mol. The summed E-state index contributed by atoms with van der Waals surface area (Å²) in [6, 6.07) is 11.7. The quantitative estimate of drug-likeness (QED) is 0.323. The molecule has 5 atom stereocenters. The largest absolute Gasteiger partial charge is 0.461 e. The first kappa shape index (κ1) is 27.4. The molecule has 4 fully saturated rings. The second kappa shape index (κ2) is 10.5. The molecule has 43 heavy (non-hydrogen) atoms. The topological polar surface area (TPSA) is 75.6 Å². The van der Waals surface area contributed by atoms with Gasteiger partial charge in [-0.1, -0.05) is 41.9 Å². The molecule has 11 heteroatoms. The SMILES string of the molecule is CO[C@@H]1C[C@@H]2CN(c3nc(OC[C@@]45CCCN4C[C@H](F)C5)nc4c(F)c(-c5cccc6cccc(Cl)c56)ncc34)C[C@H]1N2. The highest BCUT2D eigenvalue weighted by Gasteiger charge is 2.49. The third kappa shape index (κ3) is 4.53. The number of ether oxygens (including phenoxy) is 2. The van der Waals surface area contributed by atoms with Crippen LogP contribution in [0.25, 0.3) is 32.9 Å². The van der Waals surface area contributed by atoms with Gasteiger partial charge in [-0.15, -0.1) is 0 Å². The van der Waals surface area contributed by atoms with Crippen LogP contribution in [0, 0.1) is 5.82 Å².